The molecule has 114 valence electrons. The maximum atomic E-state index is 13.0. The van der Waals surface area contributed by atoms with Crippen molar-refractivity contribution < 1.29 is 18.7 Å². The molecule has 0 unspecified atom stereocenters. The van der Waals surface area contributed by atoms with E-state index in [1.807, 2.05) is 0 Å². The molecule has 1 aromatic carbocycles. The summed E-state index contributed by atoms with van der Waals surface area (Å²) in [6.45, 7) is 2.29. The number of hydrogen-bond donors (Lipinski definition) is 0. The van der Waals surface area contributed by atoms with Gasteiger partial charge in [-0.05, 0) is 24.1 Å². The van der Waals surface area contributed by atoms with E-state index in [9.17, 15) is 9.18 Å². The third-order valence-corrected chi connectivity index (χ3v) is 4.29. The monoisotopic (exact) mass is 313 g/mol. The molecule has 2 heterocycles. The van der Waals surface area contributed by atoms with Crippen molar-refractivity contribution in [3.63, 3.8) is 0 Å². The highest BCUT2D eigenvalue weighted by Gasteiger charge is 2.41. The van der Waals surface area contributed by atoms with Gasteiger partial charge in [-0.1, -0.05) is 17.7 Å². The predicted octanol–water partition coefficient (Wildman–Crippen LogP) is 2.39. The van der Waals surface area contributed by atoms with Crippen LogP contribution >= 0.6 is 11.6 Å². The fourth-order valence-corrected chi connectivity index (χ4v) is 3.11. The largest absolute Gasteiger partial charge is 0.346 e. The Labute approximate surface area is 127 Å². The van der Waals surface area contributed by atoms with Gasteiger partial charge < -0.3 is 14.4 Å². The molecule has 0 N–H and O–H groups in total. The van der Waals surface area contributed by atoms with Crippen LogP contribution in [0.3, 0.4) is 0 Å². The van der Waals surface area contributed by atoms with Crippen LogP contribution in [0.15, 0.2) is 18.2 Å². The molecule has 0 atom stereocenters. The molecule has 0 radical (unpaired) electrons. The van der Waals surface area contributed by atoms with Crippen LogP contribution in [-0.4, -0.2) is 42.9 Å². The molecule has 21 heavy (non-hydrogen) atoms. The lowest BCUT2D eigenvalue weighted by atomic mass is 10.0. The van der Waals surface area contributed by atoms with Crippen molar-refractivity contribution in [2.45, 2.75) is 25.0 Å². The summed E-state index contributed by atoms with van der Waals surface area (Å²) in [5.41, 5.74) is 0.635. The Morgan fingerprint density at radius 2 is 2.14 bits per heavy atom. The van der Waals surface area contributed by atoms with Gasteiger partial charge in [0.2, 0.25) is 5.91 Å². The molecule has 2 aliphatic rings. The SMILES string of the molecule is O=C(Cc1ccc(F)cc1Cl)N1CCCC2(C1)OCCO2. The van der Waals surface area contributed by atoms with Gasteiger partial charge in [0.15, 0.2) is 5.79 Å². The van der Waals surface area contributed by atoms with E-state index < -0.39 is 11.6 Å². The van der Waals surface area contributed by atoms with E-state index in [-0.39, 0.29) is 17.4 Å². The van der Waals surface area contributed by atoms with E-state index in [0.29, 0.717) is 31.9 Å². The van der Waals surface area contributed by atoms with Crippen LogP contribution in [0.4, 0.5) is 4.39 Å². The average molecular weight is 314 g/mol. The summed E-state index contributed by atoms with van der Waals surface area (Å²) in [5, 5.41) is 0.281. The molecule has 1 aromatic rings. The Bertz CT molecular complexity index is 546. The van der Waals surface area contributed by atoms with E-state index in [0.717, 1.165) is 12.8 Å². The van der Waals surface area contributed by atoms with Crippen LogP contribution in [0.2, 0.25) is 5.02 Å². The third-order valence-electron chi connectivity index (χ3n) is 3.94. The lowest BCUT2D eigenvalue weighted by Crippen LogP contribution is -2.51. The highest BCUT2D eigenvalue weighted by Crippen LogP contribution is 2.30. The van der Waals surface area contributed by atoms with Crippen LogP contribution in [0.25, 0.3) is 0 Å². The van der Waals surface area contributed by atoms with Crippen LogP contribution in [0.1, 0.15) is 18.4 Å². The van der Waals surface area contributed by atoms with Crippen molar-refractivity contribution in [2.75, 3.05) is 26.3 Å². The summed E-state index contributed by atoms with van der Waals surface area (Å²) in [6, 6.07) is 4.10. The van der Waals surface area contributed by atoms with Crippen molar-refractivity contribution in [1.29, 1.82) is 0 Å². The van der Waals surface area contributed by atoms with Gasteiger partial charge in [-0.15, -0.1) is 0 Å². The molecule has 0 bridgehead atoms. The van der Waals surface area contributed by atoms with Gasteiger partial charge in [0, 0.05) is 18.0 Å². The number of piperidine rings is 1. The van der Waals surface area contributed by atoms with Crippen LogP contribution in [-0.2, 0) is 20.7 Å². The number of carbonyl (C=O) groups excluding carboxylic acids is 1. The lowest BCUT2D eigenvalue weighted by molar-refractivity contribution is -0.192. The molecule has 2 fully saturated rings. The average Bonchev–Trinajstić information content (AvgIpc) is 2.90. The fraction of sp³-hybridized carbons (Fsp3) is 0.533. The number of hydrogen-bond acceptors (Lipinski definition) is 3. The second-order valence-electron chi connectivity index (χ2n) is 5.44. The molecular weight excluding hydrogens is 297 g/mol. The van der Waals surface area contributed by atoms with Crippen LogP contribution in [0, 0.1) is 5.82 Å². The summed E-state index contributed by atoms with van der Waals surface area (Å²) in [4.78, 5) is 14.2. The van der Waals surface area contributed by atoms with E-state index >= 15 is 0 Å². The Balaban J connectivity index is 1.67. The highest BCUT2D eigenvalue weighted by atomic mass is 35.5. The number of halogens is 2. The second-order valence-corrected chi connectivity index (χ2v) is 5.85. The molecule has 0 saturated carbocycles. The van der Waals surface area contributed by atoms with Crippen molar-refractivity contribution in [3.05, 3.63) is 34.6 Å². The molecule has 3 rings (SSSR count). The van der Waals surface area contributed by atoms with E-state index in [2.05, 4.69) is 0 Å². The smallest absolute Gasteiger partial charge is 0.227 e. The fourth-order valence-electron chi connectivity index (χ4n) is 2.87. The van der Waals surface area contributed by atoms with Gasteiger partial charge in [-0.2, -0.15) is 0 Å². The Morgan fingerprint density at radius 1 is 1.38 bits per heavy atom. The number of benzene rings is 1. The Kier molecular flexibility index (Phi) is 4.15. The van der Waals surface area contributed by atoms with Gasteiger partial charge in [-0.25, -0.2) is 4.39 Å². The molecule has 1 spiro atoms. The molecule has 1 amide bonds. The summed E-state index contributed by atoms with van der Waals surface area (Å²) in [7, 11) is 0. The minimum absolute atomic E-state index is 0.0401. The molecule has 4 nitrogen and oxygen atoms in total. The zero-order valence-corrected chi connectivity index (χ0v) is 12.4. The molecular formula is C15H17ClFNO3. The zero-order valence-electron chi connectivity index (χ0n) is 11.6. The number of likely N-dealkylation sites (tertiary alicyclic amines) is 1. The molecule has 2 saturated heterocycles. The number of carbonyl (C=O) groups is 1. The first-order valence-electron chi connectivity index (χ1n) is 7.08. The van der Waals surface area contributed by atoms with Gasteiger partial charge in [0.25, 0.3) is 0 Å². The summed E-state index contributed by atoms with van der Waals surface area (Å²) in [6.07, 6.45) is 1.83. The molecule has 6 heteroatoms. The number of amides is 1. The van der Waals surface area contributed by atoms with Crippen LogP contribution in [0.5, 0.6) is 0 Å². The normalized spacial score (nSPS) is 21.0. The van der Waals surface area contributed by atoms with Crippen molar-refractivity contribution in [2.24, 2.45) is 0 Å². The first kappa shape index (κ1) is 14.8. The maximum absolute atomic E-state index is 13.0. The first-order chi connectivity index (χ1) is 10.1. The topological polar surface area (TPSA) is 38.8 Å². The van der Waals surface area contributed by atoms with Gasteiger partial charge >= 0.3 is 0 Å². The summed E-state index contributed by atoms with van der Waals surface area (Å²) < 4.78 is 24.3. The standard InChI is InChI=1S/C15H17ClFNO3/c16-13-9-12(17)3-2-11(13)8-14(19)18-5-1-4-15(10-18)20-6-7-21-15/h2-3,9H,1,4-8,10H2. The number of nitrogens with zero attached hydrogens (tertiary/aromatic N) is 1. The van der Waals surface area contributed by atoms with E-state index in [1.165, 1.54) is 12.1 Å². The highest BCUT2D eigenvalue weighted by molar-refractivity contribution is 6.31. The molecule has 2 aliphatic heterocycles. The van der Waals surface area contributed by atoms with Crippen molar-refractivity contribution >= 4 is 17.5 Å². The predicted molar refractivity (Wildman–Crippen MR) is 75.6 cm³/mol. The van der Waals surface area contributed by atoms with E-state index in [4.69, 9.17) is 21.1 Å². The minimum Gasteiger partial charge on any atom is -0.346 e. The first-order valence-corrected chi connectivity index (χ1v) is 7.45. The van der Waals surface area contributed by atoms with Gasteiger partial charge in [0.05, 0.1) is 26.2 Å². The zero-order chi connectivity index (χ0) is 14.9. The van der Waals surface area contributed by atoms with Crippen molar-refractivity contribution in [1.82, 2.24) is 4.90 Å². The maximum Gasteiger partial charge on any atom is 0.227 e. The number of rotatable bonds is 2. The van der Waals surface area contributed by atoms with Gasteiger partial charge in [0.1, 0.15) is 5.82 Å². The molecule has 0 aromatic heterocycles. The van der Waals surface area contributed by atoms with E-state index in [1.54, 1.807) is 11.0 Å². The van der Waals surface area contributed by atoms with Gasteiger partial charge in [-0.3, -0.25) is 4.79 Å². The number of ether oxygens (including phenoxy) is 2. The quantitative estimate of drug-likeness (QED) is 0.841. The summed E-state index contributed by atoms with van der Waals surface area (Å²) >= 11 is 5.97. The lowest BCUT2D eigenvalue weighted by Gasteiger charge is -2.38. The van der Waals surface area contributed by atoms with Crippen LogP contribution < -0.4 is 0 Å². The third kappa shape index (κ3) is 3.20. The Morgan fingerprint density at radius 3 is 2.86 bits per heavy atom. The molecule has 0 aliphatic carbocycles. The second kappa shape index (κ2) is 5.91. The van der Waals surface area contributed by atoms with Crippen molar-refractivity contribution in [3.8, 4) is 0 Å². The summed E-state index contributed by atoms with van der Waals surface area (Å²) in [5.74, 6) is -1.07. The minimum atomic E-state index is -0.625. The Hall–Kier alpha value is -1.17.